The van der Waals surface area contributed by atoms with Gasteiger partial charge in [-0.3, -0.25) is 0 Å². The van der Waals surface area contributed by atoms with Gasteiger partial charge in [0.15, 0.2) is 0 Å². The highest BCUT2D eigenvalue weighted by atomic mass is 35.5. The lowest BCUT2D eigenvalue weighted by Gasteiger charge is -1.66. The van der Waals surface area contributed by atoms with Gasteiger partial charge in [0.05, 0.1) is 0 Å². The summed E-state index contributed by atoms with van der Waals surface area (Å²) in [5.74, 6) is -0.00463. The Labute approximate surface area is 49.5 Å². The van der Waals surface area contributed by atoms with Gasteiger partial charge in [0.25, 0.3) is 0 Å². The first-order chi connectivity index (χ1) is 3.29. The molecule has 1 rings (SSSR count). The largest absolute Gasteiger partial charge is 0.493 e. The predicted octanol–water partition coefficient (Wildman–Crippen LogP) is 1.50. The second-order valence-corrected chi connectivity index (χ2v) is 2.43. The number of rotatable bonds is 0. The third-order valence-electron chi connectivity index (χ3n) is 0.469. The Bertz CT molecular complexity index is 147. The van der Waals surface area contributed by atoms with Gasteiger partial charge in [-0.1, -0.05) is 11.6 Å². The summed E-state index contributed by atoms with van der Waals surface area (Å²) in [5, 5.41) is 8.47. The van der Waals surface area contributed by atoms with Crippen LogP contribution in [0.25, 0.3) is 0 Å². The van der Waals surface area contributed by atoms with Crippen molar-refractivity contribution in [2.24, 2.45) is 0 Å². The first-order valence-electron chi connectivity index (χ1n) is 1.60. The fraction of sp³-hybridized carbons (Fsp3) is 0. The van der Waals surface area contributed by atoms with E-state index in [2.05, 4.69) is 4.37 Å². The van der Waals surface area contributed by atoms with Crippen molar-refractivity contribution in [3.05, 3.63) is 10.4 Å². The molecular weight excluding hydrogens is 134 g/mol. The minimum atomic E-state index is -0.00463. The van der Waals surface area contributed by atoms with E-state index in [0.29, 0.717) is 4.34 Å². The highest BCUT2D eigenvalue weighted by Crippen LogP contribution is 2.19. The van der Waals surface area contributed by atoms with Gasteiger partial charge < -0.3 is 5.11 Å². The molecule has 0 aromatic carbocycles. The van der Waals surface area contributed by atoms with Crippen molar-refractivity contribution >= 4 is 23.1 Å². The minimum Gasteiger partial charge on any atom is -0.493 e. The molecule has 0 aliphatic heterocycles. The Morgan fingerprint density at radius 3 is 2.71 bits per heavy atom. The Balaban J connectivity index is 3.04. The van der Waals surface area contributed by atoms with Crippen LogP contribution in [0.5, 0.6) is 5.88 Å². The van der Waals surface area contributed by atoms with Gasteiger partial charge in [-0.2, -0.15) is 4.37 Å². The van der Waals surface area contributed by atoms with E-state index in [1.54, 1.807) is 0 Å². The lowest BCUT2D eigenvalue weighted by atomic mass is 10.7. The van der Waals surface area contributed by atoms with Crippen LogP contribution >= 0.6 is 23.1 Å². The van der Waals surface area contributed by atoms with Crippen LogP contribution in [0.15, 0.2) is 6.07 Å². The molecule has 0 radical (unpaired) electrons. The van der Waals surface area contributed by atoms with E-state index in [1.807, 2.05) is 0 Å². The molecule has 7 heavy (non-hydrogen) atoms. The zero-order valence-electron chi connectivity index (χ0n) is 3.26. The average molecular weight is 136 g/mol. The van der Waals surface area contributed by atoms with Crippen molar-refractivity contribution < 1.29 is 5.11 Å². The summed E-state index contributed by atoms with van der Waals surface area (Å²) in [7, 11) is 0. The molecule has 0 spiro atoms. The molecule has 0 aliphatic carbocycles. The molecule has 0 amide bonds. The second-order valence-electron chi connectivity index (χ2n) is 0.989. The topological polar surface area (TPSA) is 33.1 Å². The first-order valence-corrected chi connectivity index (χ1v) is 2.75. The van der Waals surface area contributed by atoms with E-state index in [4.69, 9.17) is 16.7 Å². The predicted molar refractivity (Wildman–Crippen MR) is 28.8 cm³/mol. The smallest absolute Gasteiger partial charge is 0.224 e. The van der Waals surface area contributed by atoms with Crippen molar-refractivity contribution in [1.29, 1.82) is 0 Å². The fourth-order valence-corrected chi connectivity index (χ4v) is 0.837. The molecule has 1 heterocycles. The lowest BCUT2D eigenvalue weighted by Crippen LogP contribution is -1.49. The number of hydrogen-bond acceptors (Lipinski definition) is 3. The normalized spacial score (nSPS) is 9.29. The van der Waals surface area contributed by atoms with Gasteiger partial charge in [-0.15, -0.1) is 0 Å². The van der Waals surface area contributed by atoms with E-state index < -0.39 is 0 Å². The number of nitrogens with zero attached hydrogens (tertiary/aromatic N) is 1. The Morgan fingerprint density at radius 1 is 1.86 bits per heavy atom. The van der Waals surface area contributed by atoms with Crippen molar-refractivity contribution in [1.82, 2.24) is 4.37 Å². The van der Waals surface area contributed by atoms with E-state index in [0.717, 1.165) is 11.5 Å². The number of aromatic hydroxyl groups is 1. The van der Waals surface area contributed by atoms with Gasteiger partial charge in [-0.25, -0.2) is 0 Å². The molecule has 2 nitrogen and oxygen atoms in total. The number of aromatic nitrogens is 1. The molecule has 0 aliphatic rings. The zero-order chi connectivity index (χ0) is 5.28. The summed E-state index contributed by atoms with van der Waals surface area (Å²) in [6, 6.07) is 1.40. The van der Waals surface area contributed by atoms with Gasteiger partial charge >= 0.3 is 0 Å². The highest BCUT2D eigenvalue weighted by Gasteiger charge is 1.91. The first kappa shape index (κ1) is 4.87. The number of halogens is 1. The molecule has 0 unspecified atom stereocenters. The number of hydrogen-bond donors (Lipinski definition) is 1. The van der Waals surface area contributed by atoms with Gasteiger partial charge in [0.2, 0.25) is 5.88 Å². The molecule has 0 saturated heterocycles. The minimum absolute atomic E-state index is 0.00463. The van der Waals surface area contributed by atoms with Crippen LogP contribution < -0.4 is 0 Å². The molecule has 1 aromatic heterocycles. The molecule has 4 heteroatoms. The van der Waals surface area contributed by atoms with Crippen LogP contribution in [-0.2, 0) is 0 Å². The monoisotopic (exact) mass is 135 g/mol. The summed E-state index contributed by atoms with van der Waals surface area (Å²) < 4.78 is 3.99. The van der Waals surface area contributed by atoms with Crippen molar-refractivity contribution in [3.8, 4) is 5.88 Å². The molecule has 0 saturated carbocycles. The summed E-state index contributed by atoms with van der Waals surface area (Å²) >= 11 is 6.43. The van der Waals surface area contributed by atoms with Gasteiger partial charge in [-0.05, 0) is 11.5 Å². The second kappa shape index (κ2) is 1.68. The maximum atomic E-state index is 8.47. The van der Waals surface area contributed by atoms with Crippen molar-refractivity contribution in [2.45, 2.75) is 0 Å². The summed E-state index contributed by atoms with van der Waals surface area (Å²) in [5.41, 5.74) is 0. The van der Waals surface area contributed by atoms with E-state index in [9.17, 15) is 0 Å². The summed E-state index contributed by atoms with van der Waals surface area (Å²) in [6.07, 6.45) is 0. The average Bonchev–Trinajstić information content (AvgIpc) is 1.87. The molecule has 0 atom stereocenters. The zero-order valence-corrected chi connectivity index (χ0v) is 4.83. The summed E-state index contributed by atoms with van der Waals surface area (Å²) in [6.45, 7) is 0. The van der Waals surface area contributed by atoms with Crippen LogP contribution in [0.3, 0.4) is 0 Å². The van der Waals surface area contributed by atoms with E-state index >= 15 is 0 Å². The van der Waals surface area contributed by atoms with Crippen molar-refractivity contribution in [2.75, 3.05) is 0 Å². The molecule has 0 fully saturated rings. The molecule has 38 valence electrons. The Hall–Kier alpha value is -0.280. The van der Waals surface area contributed by atoms with Crippen molar-refractivity contribution in [3.63, 3.8) is 0 Å². The third-order valence-corrected chi connectivity index (χ3v) is 1.36. The van der Waals surface area contributed by atoms with Crippen LogP contribution in [-0.4, -0.2) is 9.48 Å². The van der Waals surface area contributed by atoms with Crippen LogP contribution in [0.1, 0.15) is 0 Å². The van der Waals surface area contributed by atoms with Gasteiger partial charge in [0, 0.05) is 6.07 Å². The van der Waals surface area contributed by atoms with Crippen LogP contribution in [0, 0.1) is 0 Å². The third kappa shape index (κ3) is 1.04. The molecule has 1 N–H and O–H groups in total. The molecule has 1 aromatic rings. The van der Waals surface area contributed by atoms with E-state index in [-0.39, 0.29) is 5.88 Å². The van der Waals surface area contributed by atoms with Crippen LogP contribution in [0.2, 0.25) is 4.34 Å². The lowest BCUT2D eigenvalue weighted by molar-refractivity contribution is 0.460. The summed E-state index contributed by atoms with van der Waals surface area (Å²) in [4.78, 5) is 0. The highest BCUT2D eigenvalue weighted by molar-refractivity contribution is 7.10. The Morgan fingerprint density at radius 2 is 2.57 bits per heavy atom. The fourth-order valence-electron chi connectivity index (χ4n) is 0.245. The van der Waals surface area contributed by atoms with Gasteiger partial charge in [0.1, 0.15) is 4.34 Å². The SMILES string of the molecule is Oc1cc(Cl)sn1. The molecule has 0 bridgehead atoms. The Kier molecular flexibility index (Phi) is 1.17. The van der Waals surface area contributed by atoms with E-state index in [1.165, 1.54) is 6.07 Å². The quantitative estimate of drug-likeness (QED) is 0.585. The van der Waals surface area contributed by atoms with Crippen LogP contribution in [0.4, 0.5) is 0 Å². The maximum absolute atomic E-state index is 8.47. The molecular formula is C3H2ClNOS. The maximum Gasteiger partial charge on any atom is 0.224 e. The standard InChI is InChI=1S/C3H2ClNOS/c4-2-1-3(6)5-7-2/h1H,(H,5,6).